The van der Waals surface area contributed by atoms with Gasteiger partial charge in [-0.05, 0) is 48.3 Å². The Labute approximate surface area is 129 Å². The van der Waals surface area contributed by atoms with Crippen molar-refractivity contribution >= 4 is 5.69 Å². The SMILES string of the molecule is CC1(C)C(CNC2CCN(c3ccccc3)CC2)C1(C)C. The number of benzene rings is 1. The number of para-hydroxylation sites is 1. The molecule has 21 heavy (non-hydrogen) atoms. The van der Waals surface area contributed by atoms with Crippen molar-refractivity contribution in [2.75, 3.05) is 24.5 Å². The molecule has 0 aromatic heterocycles. The molecule has 1 heterocycles. The van der Waals surface area contributed by atoms with Crippen LogP contribution >= 0.6 is 0 Å². The molecule has 116 valence electrons. The van der Waals surface area contributed by atoms with E-state index in [1.807, 2.05) is 0 Å². The lowest BCUT2D eigenvalue weighted by molar-refractivity contribution is 0.392. The highest BCUT2D eigenvalue weighted by Gasteiger charge is 2.63. The van der Waals surface area contributed by atoms with E-state index in [1.54, 1.807) is 0 Å². The maximum atomic E-state index is 3.84. The van der Waals surface area contributed by atoms with E-state index in [-0.39, 0.29) is 0 Å². The first-order valence-corrected chi connectivity index (χ1v) is 8.46. The normalized spacial score (nSPS) is 25.0. The quantitative estimate of drug-likeness (QED) is 0.902. The average molecular weight is 286 g/mol. The first-order chi connectivity index (χ1) is 9.93. The average Bonchev–Trinajstić information content (AvgIpc) is 2.88. The van der Waals surface area contributed by atoms with Gasteiger partial charge in [0.2, 0.25) is 0 Å². The largest absolute Gasteiger partial charge is 0.371 e. The Balaban J connectivity index is 1.45. The summed E-state index contributed by atoms with van der Waals surface area (Å²) in [4.78, 5) is 2.52. The van der Waals surface area contributed by atoms with E-state index in [2.05, 4.69) is 68.2 Å². The zero-order chi connectivity index (χ0) is 15.1. The van der Waals surface area contributed by atoms with E-state index in [4.69, 9.17) is 0 Å². The van der Waals surface area contributed by atoms with Crippen LogP contribution in [0.15, 0.2) is 30.3 Å². The van der Waals surface area contributed by atoms with Crippen LogP contribution in [-0.2, 0) is 0 Å². The second-order valence-electron chi connectivity index (χ2n) is 8.00. The summed E-state index contributed by atoms with van der Waals surface area (Å²) in [6.07, 6.45) is 2.53. The summed E-state index contributed by atoms with van der Waals surface area (Å²) < 4.78 is 0. The molecule has 1 aromatic carbocycles. The van der Waals surface area contributed by atoms with Crippen molar-refractivity contribution in [2.45, 2.75) is 46.6 Å². The van der Waals surface area contributed by atoms with Gasteiger partial charge in [-0.3, -0.25) is 0 Å². The van der Waals surface area contributed by atoms with Crippen LogP contribution in [0.5, 0.6) is 0 Å². The molecule has 0 unspecified atom stereocenters. The van der Waals surface area contributed by atoms with E-state index in [0.29, 0.717) is 16.9 Å². The molecule has 3 rings (SSSR count). The Morgan fingerprint density at radius 1 is 1.00 bits per heavy atom. The van der Waals surface area contributed by atoms with Gasteiger partial charge >= 0.3 is 0 Å². The minimum atomic E-state index is 0.505. The molecule has 2 heteroatoms. The number of nitrogens with one attached hydrogen (secondary N) is 1. The Morgan fingerprint density at radius 3 is 2.10 bits per heavy atom. The molecule has 0 atom stereocenters. The Morgan fingerprint density at radius 2 is 1.57 bits per heavy atom. The Hall–Kier alpha value is -1.02. The molecule has 2 aliphatic rings. The lowest BCUT2D eigenvalue weighted by Gasteiger charge is -2.34. The van der Waals surface area contributed by atoms with Gasteiger partial charge in [0.15, 0.2) is 0 Å². The monoisotopic (exact) mass is 286 g/mol. The van der Waals surface area contributed by atoms with Crippen LogP contribution < -0.4 is 10.2 Å². The highest BCUT2D eigenvalue weighted by molar-refractivity contribution is 5.46. The predicted molar refractivity (Wildman–Crippen MR) is 90.7 cm³/mol. The van der Waals surface area contributed by atoms with E-state index in [9.17, 15) is 0 Å². The molecule has 0 spiro atoms. The van der Waals surface area contributed by atoms with Crippen molar-refractivity contribution in [3.8, 4) is 0 Å². The Kier molecular flexibility index (Phi) is 3.77. The van der Waals surface area contributed by atoms with Gasteiger partial charge < -0.3 is 10.2 Å². The van der Waals surface area contributed by atoms with Crippen molar-refractivity contribution in [3.63, 3.8) is 0 Å². The molecule has 2 fully saturated rings. The van der Waals surface area contributed by atoms with Gasteiger partial charge in [-0.25, -0.2) is 0 Å². The van der Waals surface area contributed by atoms with Crippen LogP contribution in [0, 0.1) is 16.7 Å². The molecule has 1 aliphatic heterocycles. The smallest absolute Gasteiger partial charge is 0.0366 e. The minimum Gasteiger partial charge on any atom is -0.371 e. The second kappa shape index (κ2) is 5.31. The molecule has 0 amide bonds. The van der Waals surface area contributed by atoms with Crippen LogP contribution in [0.1, 0.15) is 40.5 Å². The number of rotatable bonds is 4. The van der Waals surface area contributed by atoms with E-state index in [1.165, 1.54) is 38.2 Å². The fraction of sp³-hybridized carbons (Fsp3) is 0.684. The third-order valence-electron chi connectivity index (χ3n) is 6.55. The molecule has 1 saturated carbocycles. The Bertz CT molecular complexity index is 456. The van der Waals surface area contributed by atoms with Gasteiger partial charge in [-0.1, -0.05) is 45.9 Å². The highest BCUT2D eigenvalue weighted by Crippen LogP contribution is 2.67. The molecule has 2 nitrogen and oxygen atoms in total. The van der Waals surface area contributed by atoms with Crippen molar-refractivity contribution in [1.82, 2.24) is 5.32 Å². The van der Waals surface area contributed by atoms with Crippen molar-refractivity contribution in [1.29, 1.82) is 0 Å². The fourth-order valence-electron chi connectivity index (χ4n) is 4.11. The van der Waals surface area contributed by atoms with Crippen LogP contribution in [0.3, 0.4) is 0 Å². The second-order valence-corrected chi connectivity index (χ2v) is 8.00. The topological polar surface area (TPSA) is 15.3 Å². The zero-order valence-electron chi connectivity index (χ0n) is 14.0. The van der Waals surface area contributed by atoms with Crippen molar-refractivity contribution in [2.24, 2.45) is 16.7 Å². The summed E-state index contributed by atoms with van der Waals surface area (Å²) in [5.41, 5.74) is 2.38. The minimum absolute atomic E-state index is 0.505. The number of hydrogen-bond donors (Lipinski definition) is 1. The number of piperidine rings is 1. The van der Waals surface area contributed by atoms with Crippen molar-refractivity contribution in [3.05, 3.63) is 30.3 Å². The van der Waals surface area contributed by atoms with E-state index in [0.717, 1.165) is 5.92 Å². The third-order valence-corrected chi connectivity index (χ3v) is 6.55. The van der Waals surface area contributed by atoms with E-state index >= 15 is 0 Å². The molecular formula is C19H30N2. The molecule has 1 aromatic rings. The fourth-order valence-corrected chi connectivity index (χ4v) is 4.11. The van der Waals surface area contributed by atoms with Gasteiger partial charge in [0, 0.05) is 24.8 Å². The number of anilines is 1. The van der Waals surface area contributed by atoms with Gasteiger partial charge in [0.1, 0.15) is 0 Å². The maximum absolute atomic E-state index is 3.84. The van der Waals surface area contributed by atoms with Crippen LogP contribution in [0.2, 0.25) is 0 Å². The van der Waals surface area contributed by atoms with Gasteiger partial charge in [-0.2, -0.15) is 0 Å². The summed E-state index contributed by atoms with van der Waals surface area (Å²) in [6.45, 7) is 13.2. The maximum Gasteiger partial charge on any atom is 0.0366 e. The summed E-state index contributed by atoms with van der Waals surface area (Å²) in [7, 11) is 0. The standard InChI is InChI=1S/C19H30N2/c1-18(2)17(19(18,3)4)14-20-15-10-12-21(13-11-15)16-8-6-5-7-9-16/h5-9,15,17,20H,10-14H2,1-4H3. The summed E-state index contributed by atoms with van der Waals surface area (Å²) in [6, 6.07) is 11.5. The van der Waals surface area contributed by atoms with Crippen LogP contribution in [-0.4, -0.2) is 25.7 Å². The first kappa shape index (κ1) is 14.9. The lowest BCUT2D eigenvalue weighted by Crippen LogP contribution is -2.43. The van der Waals surface area contributed by atoms with Gasteiger partial charge in [0.05, 0.1) is 0 Å². The molecule has 0 radical (unpaired) electrons. The summed E-state index contributed by atoms with van der Waals surface area (Å²) >= 11 is 0. The summed E-state index contributed by atoms with van der Waals surface area (Å²) in [5.74, 6) is 0.831. The highest BCUT2D eigenvalue weighted by atomic mass is 15.1. The van der Waals surface area contributed by atoms with Crippen molar-refractivity contribution < 1.29 is 0 Å². The lowest BCUT2D eigenvalue weighted by atomic mass is 10.0. The van der Waals surface area contributed by atoms with Crippen LogP contribution in [0.4, 0.5) is 5.69 Å². The molecule has 1 aliphatic carbocycles. The van der Waals surface area contributed by atoms with Gasteiger partial charge in [-0.15, -0.1) is 0 Å². The zero-order valence-corrected chi connectivity index (χ0v) is 14.0. The number of hydrogen-bond acceptors (Lipinski definition) is 2. The number of nitrogens with zero attached hydrogens (tertiary/aromatic N) is 1. The molecule has 1 saturated heterocycles. The van der Waals surface area contributed by atoms with Crippen LogP contribution in [0.25, 0.3) is 0 Å². The summed E-state index contributed by atoms with van der Waals surface area (Å²) in [5, 5.41) is 3.84. The third kappa shape index (κ3) is 2.70. The molecule has 1 N–H and O–H groups in total. The first-order valence-electron chi connectivity index (χ1n) is 8.46. The molecular weight excluding hydrogens is 256 g/mol. The van der Waals surface area contributed by atoms with Gasteiger partial charge in [0.25, 0.3) is 0 Å². The predicted octanol–water partition coefficient (Wildman–Crippen LogP) is 3.93. The molecule has 0 bridgehead atoms. The van der Waals surface area contributed by atoms with E-state index < -0.39 is 0 Å².